The summed E-state index contributed by atoms with van der Waals surface area (Å²) in [5, 5.41) is 6.23. The summed E-state index contributed by atoms with van der Waals surface area (Å²) in [7, 11) is 5.28. The summed E-state index contributed by atoms with van der Waals surface area (Å²) in [5.41, 5.74) is 2.89. The molecule has 0 heterocycles. The van der Waals surface area contributed by atoms with Crippen molar-refractivity contribution in [2.75, 3.05) is 47.4 Å². The van der Waals surface area contributed by atoms with E-state index >= 15 is 0 Å². The van der Waals surface area contributed by atoms with Gasteiger partial charge in [-0.2, -0.15) is 0 Å². The first-order valence-corrected chi connectivity index (χ1v) is 10.5. The molecule has 2 N–H and O–H groups in total. The molecule has 0 unspecified atom stereocenters. The van der Waals surface area contributed by atoms with Crippen molar-refractivity contribution in [1.82, 2.24) is 15.5 Å². The molecule has 0 fully saturated rings. The number of benzene rings is 2. The van der Waals surface area contributed by atoms with Crippen molar-refractivity contribution in [2.45, 2.75) is 20.3 Å². The maximum atomic E-state index is 12.3. The smallest absolute Gasteiger partial charge is 0.251 e. The van der Waals surface area contributed by atoms with Gasteiger partial charge >= 0.3 is 0 Å². The average molecular weight is 427 g/mol. The van der Waals surface area contributed by atoms with Crippen LogP contribution in [0.1, 0.15) is 28.4 Å². The molecule has 0 atom stereocenters. The normalized spacial score (nSPS) is 11.1. The number of carbonyl (C=O) groups excluding carboxylic acids is 1. The molecule has 168 valence electrons. The topological polar surface area (TPSA) is 75.2 Å². The molecule has 7 nitrogen and oxygen atoms in total. The van der Waals surface area contributed by atoms with Crippen molar-refractivity contribution in [3.8, 4) is 11.5 Å². The third-order valence-electron chi connectivity index (χ3n) is 4.82. The number of ether oxygens (including phenoxy) is 2. The lowest BCUT2D eigenvalue weighted by Gasteiger charge is -2.22. The Hall–Kier alpha value is -3.22. The highest BCUT2D eigenvalue weighted by molar-refractivity contribution is 5.94. The fraction of sp³-hybridized carbons (Fsp3) is 0.417. The molecule has 0 aromatic heterocycles. The first kappa shape index (κ1) is 24.1. The molecule has 0 aliphatic rings. The van der Waals surface area contributed by atoms with E-state index in [1.807, 2.05) is 63.4 Å². The predicted octanol–water partition coefficient (Wildman–Crippen LogP) is 2.88. The molecule has 1 amide bonds. The van der Waals surface area contributed by atoms with Crippen LogP contribution in [0.5, 0.6) is 11.5 Å². The van der Waals surface area contributed by atoms with E-state index in [0.29, 0.717) is 18.7 Å². The van der Waals surface area contributed by atoms with Crippen LogP contribution in [0.3, 0.4) is 0 Å². The fourth-order valence-electron chi connectivity index (χ4n) is 3.13. The summed E-state index contributed by atoms with van der Waals surface area (Å²) < 4.78 is 10.7. The number of hydrogen-bond acceptors (Lipinski definition) is 4. The Kier molecular flexibility index (Phi) is 9.68. The minimum absolute atomic E-state index is 0.0780. The van der Waals surface area contributed by atoms with E-state index in [0.717, 1.165) is 48.1 Å². The number of rotatable bonds is 10. The zero-order valence-corrected chi connectivity index (χ0v) is 19.2. The summed E-state index contributed by atoms with van der Waals surface area (Å²) >= 11 is 0. The zero-order chi connectivity index (χ0) is 22.6. The molecule has 0 saturated carbocycles. The highest BCUT2D eigenvalue weighted by Crippen LogP contribution is 2.27. The summed E-state index contributed by atoms with van der Waals surface area (Å²) in [5.74, 6) is 2.19. The van der Waals surface area contributed by atoms with Gasteiger partial charge in [-0.1, -0.05) is 23.8 Å². The maximum absolute atomic E-state index is 12.3. The molecule has 0 spiro atoms. The van der Waals surface area contributed by atoms with E-state index in [1.54, 1.807) is 14.2 Å². The van der Waals surface area contributed by atoms with Gasteiger partial charge in [0.25, 0.3) is 5.91 Å². The van der Waals surface area contributed by atoms with Crippen LogP contribution < -0.4 is 20.1 Å². The third kappa shape index (κ3) is 7.51. The summed E-state index contributed by atoms with van der Waals surface area (Å²) in [6, 6.07) is 13.5. The Balaban J connectivity index is 1.88. The number of hydrogen-bond donors (Lipinski definition) is 2. The largest absolute Gasteiger partial charge is 0.493 e. The SMILES string of the molecule is CCNC(=NCCNC(=O)c1cccc(C)c1)N(C)CCc1ccc(OC)c(OC)c1. The number of amides is 1. The minimum atomic E-state index is -0.0780. The van der Waals surface area contributed by atoms with Crippen molar-refractivity contribution in [3.05, 3.63) is 59.2 Å². The van der Waals surface area contributed by atoms with Gasteiger partial charge in [0, 0.05) is 32.2 Å². The van der Waals surface area contributed by atoms with E-state index in [4.69, 9.17) is 9.47 Å². The average Bonchev–Trinajstić information content (AvgIpc) is 2.79. The van der Waals surface area contributed by atoms with Gasteiger partial charge in [0.1, 0.15) is 0 Å². The lowest BCUT2D eigenvalue weighted by atomic mass is 10.1. The van der Waals surface area contributed by atoms with E-state index in [-0.39, 0.29) is 5.91 Å². The number of aliphatic imine (C=N–C) groups is 1. The van der Waals surface area contributed by atoms with E-state index < -0.39 is 0 Å². The Morgan fingerprint density at radius 2 is 1.84 bits per heavy atom. The van der Waals surface area contributed by atoms with Crippen LogP contribution in [0.25, 0.3) is 0 Å². The second-order valence-electron chi connectivity index (χ2n) is 7.22. The monoisotopic (exact) mass is 426 g/mol. The quantitative estimate of drug-likeness (QED) is 0.347. The first-order valence-electron chi connectivity index (χ1n) is 10.5. The Labute approximate surface area is 185 Å². The minimum Gasteiger partial charge on any atom is -0.493 e. The number of likely N-dealkylation sites (N-methyl/N-ethyl adjacent to an activating group) is 1. The van der Waals surface area contributed by atoms with Crippen molar-refractivity contribution in [2.24, 2.45) is 4.99 Å². The van der Waals surface area contributed by atoms with Crippen molar-refractivity contribution >= 4 is 11.9 Å². The second kappa shape index (κ2) is 12.5. The van der Waals surface area contributed by atoms with Crippen LogP contribution >= 0.6 is 0 Å². The maximum Gasteiger partial charge on any atom is 0.251 e. The predicted molar refractivity (Wildman–Crippen MR) is 125 cm³/mol. The molecule has 2 rings (SSSR count). The van der Waals surface area contributed by atoms with Crippen LogP contribution in [0, 0.1) is 6.92 Å². The molecular weight excluding hydrogens is 392 g/mol. The molecule has 7 heteroatoms. The third-order valence-corrected chi connectivity index (χ3v) is 4.82. The molecule has 2 aromatic carbocycles. The fourth-order valence-corrected chi connectivity index (χ4v) is 3.13. The molecule has 0 aliphatic heterocycles. The standard InChI is InChI=1S/C24H34N4O3/c1-6-25-24(27-14-13-26-23(29)20-9-7-8-18(2)16-20)28(3)15-12-19-10-11-21(30-4)22(17-19)31-5/h7-11,16-17H,6,12-15H2,1-5H3,(H,25,27)(H,26,29). The molecule has 0 saturated heterocycles. The molecule has 0 aliphatic carbocycles. The molecule has 0 radical (unpaired) electrons. The molecule has 2 aromatic rings. The second-order valence-corrected chi connectivity index (χ2v) is 7.22. The summed E-state index contributed by atoms with van der Waals surface area (Å²) in [6.45, 7) is 6.55. The number of nitrogens with zero attached hydrogens (tertiary/aromatic N) is 2. The van der Waals surface area contributed by atoms with Gasteiger partial charge in [0.05, 0.1) is 20.8 Å². The van der Waals surface area contributed by atoms with Gasteiger partial charge in [-0.05, 0) is 50.1 Å². The van der Waals surface area contributed by atoms with Crippen LogP contribution in [-0.4, -0.2) is 64.2 Å². The molecule has 0 bridgehead atoms. The van der Waals surface area contributed by atoms with Gasteiger partial charge in [-0.3, -0.25) is 9.79 Å². The van der Waals surface area contributed by atoms with Crippen molar-refractivity contribution in [3.63, 3.8) is 0 Å². The van der Waals surface area contributed by atoms with Gasteiger partial charge < -0.3 is 25.0 Å². The highest BCUT2D eigenvalue weighted by atomic mass is 16.5. The van der Waals surface area contributed by atoms with E-state index in [9.17, 15) is 4.79 Å². The Morgan fingerprint density at radius 1 is 1.06 bits per heavy atom. The number of carbonyl (C=O) groups is 1. The highest BCUT2D eigenvalue weighted by Gasteiger charge is 2.09. The van der Waals surface area contributed by atoms with Gasteiger partial charge in [-0.15, -0.1) is 0 Å². The number of aryl methyl sites for hydroxylation is 1. The molecular formula is C24H34N4O3. The van der Waals surface area contributed by atoms with E-state index in [1.165, 1.54) is 0 Å². The van der Waals surface area contributed by atoms with Crippen molar-refractivity contribution in [1.29, 1.82) is 0 Å². The lowest BCUT2D eigenvalue weighted by molar-refractivity contribution is 0.0954. The van der Waals surface area contributed by atoms with Gasteiger partial charge in [0.2, 0.25) is 0 Å². The lowest BCUT2D eigenvalue weighted by Crippen LogP contribution is -2.40. The van der Waals surface area contributed by atoms with Crippen LogP contribution in [-0.2, 0) is 6.42 Å². The number of guanidine groups is 1. The Morgan fingerprint density at radius 3 is 2.52 bits per heavy atom. The first-order chi connectivity index (χ1) is 15.0. The summed E-state index contributed by atoms with van der Waals surface area (Å²) in [4.78, 5) is 19.0. The van der Waals surface area contributed by atoms with Gasteiger partial charge in [-0.25, -0.2) is 0 Å². The number of methoxy groups -OCH3 is 2. The number of nitrogens with one attached hydrogen (secondary N) is 2. The van der Waals surface area contributed by atoms with Crippen LogP contribution in [0.15, 0.2) is 47.5 Å². The van der Waals surface area contributed by atoms with Crippen LogP contribution in [0.4, 0.5) is 0 Å². The van der Waals surface area contributed by atoms with E-state index in [2.05, 4.69) is 20.5 Å². The van der Waals surface area contributed by atoms with Crippen molar-refractivity contribution < 1.29 is 14.3 Å². The Bertz CT molecular complexity index is 883. The summed E-state index contributed by atoms with van der Waals surface area (Å²) in [6.07, 6.45) is 0.839. The van der Waals surface area contributed by atoms with Crippen LogP contribution in [0.2, 0.25) is 0 Å². The zero-order valence-electron chi connectivity index (χ0n) is 19.2. The molecule has 31 heavy (non-hydrogen) atoms. The van der Waals surface area contributed by atoms with Gasteiger partial charge in [0.15, 0.2) is 17.5 Å².